The molecule has 0 unspecified atom stereocenters. The van der Waals surface area contributed by atoms with Crippen LogP contribution < -0.4 is 10.2 Å². The minimum atomic E-state index is -4.40. The average Bonchev–Trinajstić information content (AvgIpc) is 2.54. The van der Waals surface area contributed by atoms with Crippen molar-refractivity contribution in [2.24, 2.45) is 5.10 Å². The average molecular weight is 321 g/mol. The standard InChI is InChI=1S/C16H14F3N3O/c1-23-14-7-3-2-5-12(14)6-4-10-21-22-15-9-8-13(11-20-15)16(17,18)19/h2-11H,1H3,(H,20,22)/b6-4+,21-10-. The second-order valence-electron chi connectivity index (χ2n) is 4.42. The second-order valence-corrected chi connectivity index (χ2v) is 4.42. The number of pyridine rings is 1. The highest BCUT2D eigenvalue weighted by molar-refractivity contribution is 5.79. The number of nitrogens with zero attached hydrogens (tertiary/aromatic N) is 2. The number of methoxy groups -OCH3 is 1. The number of halogens is 3. The Bertz CT molecular complexity index is 694. The molecule has 0 spiro atoms. The van der Waals surface area contributed by atoms with Crippen LogP contribution in [0.4, 0.5) is 19.0 Å². The number of aromatic nitrogens is 1. The number of ether oxygens (including phenoxy) is 1. The number of hydrazone groups is 1. The number of allylic oxidation sites excluding steroid dienone is 1. The third kappa shape index (κ3) is 4.84. The SMILES string of the molecule is COc1ccccc1/C=C/C=N\Nc1ccc(C(F)(F)F)cn1. The summed E-state index contributed by atoms with van der Waals surface area (Å²) in [5.74, 6) is 0.953. The molecule has 1 N–H and O–H groups in total. The third-order valence-corrected chi connectivity index (χ3v) is 2.85. The van der Waals surface area contributed by atoms with E-state index in [1.165, 1.54) is 12.3 Å². The fraction of sp³-hybridized carbons (Fsp3) is 0.125. The van der Waals surface area contributed by atoms with Crippen molar-refractivity contribution in [3.8, 4) is 5.75 Å². The molecule has 0 aliphatic carbocycles. The van der Waals surface area contributed by atoms with E-state index in [9.17, 15) is 13.2 Å². The predicted molar refractivity (Wildman–Crippen MR) is 83.4 cm³/mol. The van der Waals surface area contributed by atoms with Crippen molar-refractivity contribution in [3.63, 3.8) is 0 Å². The van der Waals surface area contributed by atoms with Gasteiger partial charge in [0.2, 0.25) is 0 Å². The van der Waals surface area contributed by atoms with Crippen LogP contribution in [-0.2, 0) is 6.18 Å². The van der Waals surface area contributed by atoms with Gasteiger partial charge < -0.3 is 4.74 Å². The van der Waals surface area contributed by atoms with Crippen LogP contribution >= 0.6 is 0 Å². The molecule has 0 amide bonds. The number of nitrogens with one attached hydrogen (secondary N) is 1. The van der Waals surface area contributed by atoms with Gasteiger partial charge in [0, 0.05) is 18.0 Å². The van der Waals surface area contributed by atoms with Crippen LogP contribution in [0.3, 0.4) is 0 Å². The molecule has 2 rings (SSSR count). The van der Waals surface area contributed by atoms with Crippen molar-refractivity contribution in [2.45, 2.75) is 6.18 Å². The fourth-order valence-corrected chi connectivity index (χ4v) is 1.72. The van der Waals surface area contributed by atoms with Gasteiger partial charge in [0.1, 0.15) is 11.6 Å². The van der Waals surface area contributed by atoms with Crippen molar-refractivity contribution >= 4 is 18.1 Å². The number of rotatable bonds is 5. The third-order valence-electron chi connectivity index (χ3n) is 2.85. The molecule has 0 aliphatic heterocycles. The van der Waals surface area contributed by atoms with Gasteiger partial charge >= 0.3 is 6.18 Å². The summed E-state index contributed by atoms with van der Waals surface area (Å²) in [6.07, 6.45) is 1.29. The first-order chi connectivity index (χ1) is 11.0. The van der Waals surface area contributed by atoms with Crippen molar-refractivity contribution in [3.05, 3.63) is 59.8 Å². The van der Waals surface area contributed by atoms with E-state index >= 15 is 0 Å². The second kappa shape index (κ2) is 7.44. The molecule has 0 bridgehead atoms. The number of alkyl halides is 3. The zero-order valence-corrected chi connectivity index (χ0v) is 12.2. The van der Waals surface area contributed by atoms with Gasteiger partial charge in [-0.25, -0.2) is 4.98 Å². The molecule has 120 valence electrons. The summed E-state index contributed by atoms with van der Waals surface area (Å²) in [7, 11) is 1.58. The first kappa shape index (κ1) is 16.5. The normalized spacial score (nSPS) is 12.0. The van der Waals surface area contributed by atoms with Crippen molar-refractivity contribution in [2.75, 3.05) is 12.5 Å². The van der Waals surface area contributed by atoms with Gasteiger partial charge in [-0.05, 0) is 30.4 Å². The maximum Gasteiger partial charge on any atom is 0.417 e. The lowest BCUT2D eigenvalue weighted by atomic mass is 10.2. The monoisotopic (exact) mass is 321 g/mol. The van der Waals surface area contributed by atoms with Gasteiger partial charge in [-0.2, -0.15) is 18.3 Å². The largest absolute Gasteiger partial charge is 0.496 e. The number of benzene rings is 1. The zero-order valence-electron chi connectivity index (χ0n) is 12.2. The first-order valence-corrected chi connectivity index (χ1v) is 6.62. The van der Waals surface area contributed by atoms with Crippen LogP contribution in [0.2, 0.25) is 0 Å². The van der Waals surface area contributed by atoms with Gasteiger partial charge in [-0.1, -0.05) is 18.2 Å². The summed E-state index contributed by atoms with van der Waals surface area (Å²) >= 11 is 0. The molecule has 0 radical (unpaired) electrons. The summed E-state index contributed by atoms with van der Waals surface area (Å²) in [5, 5.41) is 3.86. The fourth-order valence-electron chi connectivity index (χ4n) is 1.72. The predicted octanol–water partition coefficient (Wildman–Crippen LogP) is 4.22. The van der Waals surface area contributed by atoms with E-state index in [1.807, 2.05) is 24.3 Å². The highest BCUT2D eigenvalue weighted by Gasteiger charge is 2.30. The lowest BCUT2D eigenvalue weighted by Crippen LogP contribution is -2.05. The molecule has 0 fully saturated rings. The molecule has 2 aromatic rings. The molecule has 7 heteroatoms. The molecule has 23 heavy (non-hydrogen) atoms. The van der Waals surface area contributed by atoms with Gasteiger partial charge in [-0.3, -0.25) is 5.43 Å². The molecule has 0 saturated heterocycles. The smallest absolute Gasteiger partial charge is 0.417 e. The molecule has 1 aromatic carbocycles. The molecule has 4 nitrogen and oxygen atoms in total. The molecule has 0 saturated carbocycles. The Morgan fingerprint density at radius 2 is 1.96 bits per heavy atom. The zero-order chi connectivity index (χ0) is 16.7. The maximum atomic E-state index is 12.4. The van der Waals surface area contributed by atoms with Crippen molar-refractivity contribution in [1.82, 2.24) is 4.98 Å². The van der Waals surface area contributed by atoms with Gasteiger partial charge in [0.25, 0.3) is 0 Å². The van der Waals surface area contributed by atoms with Crippen LogP contribution in [0.25, 0.3) is 6.08 Å². The Balaban J connectivity index is 1.93. The molecule has 1 heterocycles. The number of anilines is 1. The Hall–Kier alpha value is -2.83. The van der Waals surface area contributed by atoms with Crippen LogP contribution in [0.15, 0.2) is 53.8 Å². The first-order valence-electron chi connectivity index (χ1n) is 6.62. The van der Waals surface area contributed by atoms with Crippen LogP contribution in [0.5, 0.6) is 5.75 Å². The van der Waals surface area contributed by atoms with Crippen LogP contribution in [-0.4, -0.2) is 18.3 Å². The van der Waals surface area contributed by atoms with E-state index in [0.29, 0.717) is 0 Å². The van der Waals surface area contributed by atoms with E-state index in [1.54, 1.807) is 19.3 Å². The number of para-hydroxylation sites is 1. The lowest BCUT2D eigenvalue weighted by Gasteiger charge is -2.06. The minimum Gasteiger partial charge on any atom is -0.496 e. The highest BCUT2D eigenvalue weighted by Crippen LogP contribution is 2.28. The molecule has 1 aromatic heterocycles. The van der Waals surface area contributed by atoms with E-state index in [2.05, 4.69) is 15.5 Å². The topological polar surface area (TPSA) is 46.5 Å². The molecule has 0 atom stereocenters. The highest BCUT2D eigenvalue weighted by atomic mass is 19.4. The summed E-state index contributed by atoms with van der Waals surface area (Å²) in [6.45, 7) is 0. The minimum absolute atomic E-state index is 0.222. The summed E-state index contributed by atoms with van der Waals surface area (Å²) in [6, 6.07) is 9.61. The summed E-state index contributed by atoms with van der Waals surface area (Å²) in [5.41, 5.74) is 2.63. The lowest BCUT2D eigenvalue weighted by molar-refractivity contribution is -0.137. The maximum absolute atomic E-state index is 12.4. The van der Waals surface area contributed by atoms with E-state index in [4.69, 9.17) is 4.74 Å². The quantitative estimate of drug-likeness (QED) is 0.662. The Labute approximate surface area is 131 Å². The van der Waals surface area contributed by atoms with Crippen molar-refractivity contribution < 1.29 is 17.9 Å². The molecular weight excluding hydrogens is 307 g/mol. The van der Waals surface area contributed by atoms with Gasteiger partial charge in [0.15, 0.2) is 0 Å². The van der Waals surface area contributed by atoms with E-state index in [0.717, 1.165) is 23.6 Å². The summed E-state index contributed by atoms with van der Waals surface area (Å²) < 4.78 is 42.4. The number of hydrogen-bond acceptors (Lipinski definition) is 4. The van der Waals surface area contributed by atoms with Crippen LogP contribution in [0, 0.1) is 0 Å². The molecule has 0 aliphatic rings. The molecular formula is C16H14F3N3O. The van der Waals surface area contributed by atoms with Crippen LogP contribution in [0.1, 0.15) is 11.1 Å². The van der Waals surface area contributed by atoms with Gasteiger partial charge in [0.05, 0.1) is 12.7 Å². The van der Waals surface area contributed by atoms with Gasteiger partial charge in [-0.15, -0.1) is 0 Å². The Morgan fingerprint density at radius 3 is 2.61 bits per heavy atom. The Morgan fingerprint density at radius 1 is 1.17 bits per heavy atom. The summed E-state index contributed by atoms with van der Waals surface area (Å²) in [4.78, 5) is 3.64. The van der Waals surface area contributed by atoms with E-state index < -0.39 is 11.7 Å². The number of hydrogen-bond donors (Lipinski definition) is 1. The van der Waals surface area contributed by atoms with E-state index in [-0.39, 0.29) is 5.82 Å². The van der Waals surface area contributed by atoms with Crippen molar-refractivity contribution in [1.29, 1.82) is 0 Å². The Kier molecular flexibility index (Phi) is 5.35.